The highest BCUT2D eigenvalue weighted by molar-refractivity contribution is 6.34. The van der Waals surface area contributed by atoms with Gasteiger partial charge in [0, 0.05) is 6.54 Å². The first-order valence-corrected chi connectivity index (χ1v) is 5.70. The molecule has 0 aliphatic carbocycles. The molecule has 6 heteroatoms. The predicted molar refractivity (Wildman–Crippen MR) is 69.9 cm³/mol. The molecule has 0 unspecified atom stereocenters. The molecule has 0 saturated heterocycles. The zero-order chi connectivity index (χ0) is 13.9. The number of carbonyl (C=O) groups is 2. The molecule has 1 aromatic rings. The quantitative estimate of drug-likeness (QED) is 0.780. The van der Waals surface area contributed by atoms with Crippen LogP contribution in [0.2, 0.25) is 5.02 Å². The van der Waals surface area contributed by atoms with E-state index in [1.54, 1.807) is 13.8 Å². The molecule has 0 bridgehead atoms. The molecule has 1 rings (SSSR count). The van der Waals surface area contributed by atoms with E-state index in [0.717, 1.165) is 0 Å². The predicted octanol–water partition coefficient (Wildman–Crippen LogP) is 1.96. The van der Waals surface area contributed by atoms with E-state index in [1.165, 1.54) is 18.2 Å². The van der Waals surface area contributed by atoms with Gasteiger partial charge in [-0.05, 0) is 32.0 Å². The van der Waals surface area contributed by atoms with Crippen molar-refractivity contribution >= 4 is 29.2 Å². The second kappa shape index (κ2) is 5.37. The first-order valence-electron chi connectivity index (χ1n) is 5.32. The zero-order valence-electron chi connectivity index (χ0n) is 10.2. The molecule has 18 heavy (non-hydrogen) atoms. The molecular formula is C12H15ClN2O3. The average Bonchev–Trinajstić information content (AvgIpc) is 2.31. The van der Waals surface area contributed by atoms with Crippen LogP contribution in [0.15, 0.2) is 18.2 Å². The van der Waals surface area contributed by atoms with E-state index in [9.17, 15) is 9.59 Å². The highest BCUT2D eigenvalue weighted by Crippen LogP contribution is 2.25. The van der Waals surface area contributed by atoms with E-state index in [0.29, 0.717) is 5.69 Å². The second-order valence-electron chi connectivity index (χ2n) is 4.54. The monoisotopic (exact) mass is 270 g/mol. The molecular weight excluding hydrogens is 256 g/mol. The Morgan fingerprint density at radius 3 is 2.50 bits per heavy atom. The number of halogens is 1. The number of carbonyl (C=O) groups excluding carboxylic acids is 1. The number of benzene rings is 1. The summed E-state index contributed by atoms with van der Waals surface area (Å²) in [6, 6.07) is 4.12. The normalized spacial score (nSPS) is 11.1. The lowest BCUT2D eigenvalue weighted by molar-refractivity contribution is -0.123. The molecule has 0 spiro atoms. The summed E-state index contributed by atoms with van der Waals surface area (Å²) in [5, 5.41) is 11.6. The minimum atomic E-state index is -1.07. The molecule has 1 aromatic carbocycles. The van der Waals surface area contributed by atoms with Crippen molar-refractivity contribution in [2.45, 2.75) is 13.8 Å². The maximum atomic E-state index is 11.9. The molecule has 0 heterocycles. The first kappa shape index (κ1) is 14.5. The Hall–Kier alpha value is -1.59. The van der Waals surface area contributed by atoms with Crippen molar-refractivity contribution in [1.29, 1.82) is 0 Å². The van der Waals surface area contributed by atoms with E-state index in [-0.39, 0.29) is 23.0 Å². The number of amides is 1. The van der Waals surface area contributed by atoms with Gasteiger partial charge >= 0.3 is 5.97 Å². The van der Waals surface area contributed by atoms with Crippen LogP contribution in [0.25, 0.3) is 0 Å². The minimum Gasteiger partial charge on any atom is -0.478 e. The topological polar surface area (TPSA) is 92.4 Å². The highest BCUT2D eigenvalue weighted by atomic mass is 35.5. The fourth-order valence-corrected chi connectivity index (χ4v) is 1.36. The lowest BCUT2D eigenvalue weighted by Gasteiger charge is -2.21. The van der Waals surface area contributed by atoms with Crippen molar-refractivity contribution in [2.24, 2.45) is 11.1 Å². The fraction of sp³-hybridized carbons (Fsp3) is 0.333. The number of hydrogen-bond acceptors (Lipinski definition) is 3. The van der Waals surface area contributed by atoms with Crippen molar-refractivity contribution in [2.75, 3.05) is 11.9 Å². The molecule has 1 amide bonds. The van der Waals surface area contributed by atoms with Gasteiger partial charge in [0.2, 0.25) is 5.91 Å². The van der Waals surface area contributed by atoms with Crippen LogP contribution < -0.4 is 11.1 Å². The summed E-state index contributed by atoms with van der Waals surface area (Å²) in [7, 11) is 0. The molecule has 0 atom stereocenters. The third-order valence-corrected chi connectivity index (χ3v) is 2.90. The van der Waals surface area contributed by atoms with Crippen molar-refractivity contribution < 1.29 is 14.7 Å². The molecule has 0 fully saturated rings. The number of aromatic carboxylic acids is 1. The standard InChI is InChI=1S/C12H15ClN2O3/c1-12(2,6-14)11(18)15-9-4-3-7(10(16)17)5-8(9)13/h3-5H,6,14H2,1-2H3,(H,15,18)(H,16,17). The minimum absolute atomic E-state index is 0.0658. The van der Waals surface area contributed by atoms with Crippen LogP contribution in [0, 0.1) is 5.41 Å². The van der Waals surface area contributed by atoms with Crippen LogP contribution in [0.3, 0.4) is 0 Å². The van der Waals surface area contributed by atoms with Crippen LogP contribution in [-0.4, -0.2) is 23.5 Å². The van der Waals surface area contributed by atoms with Crippen molar-refractivity contribution in [3.8, 4) is 0 Å². The van der Waals surface area contributed by atoms with Gasteiger partial charge in [-0.1, -0.05) is 11.6 Å². The second-order valence-corrected chi connectivity index (χ2v) is 4.95. The Morgan fingerprint density at radius 2 is 2.06 bits per heavy atom. The smallest absolute Gasteiger partial charge is 0.335 e. The summed E-state index contributed by atoms with van der Waals surface area (Å²) < 4.78 is 0. The van der Waals surface area contributed by atoms with Gasteiger partial charge in [-0.15, -0.1) is 0 Å². The van der Waals surface area contributed by atoms with Crippen LogP contribution in [-0.2, 0) is 4.79 Å². The molecule has 0 aliphatic rings. The zero-order valence-corrected chi connectivity index (χ0v) is 10.9. The summed E-state index contributed by atoms with van der Waals surface area (Å²) in [6.07, 6.45) is 0. The number of carboxylic acid groups (broad SMARTS) is 1. The Balaban J connectivity index is 2.93. The van der Waals surface area contributed by atoms with Gasteiger partial charge in [-0.3, -0.25) is 4.79 Å². The average molecular weight is 271 g/mol. The Labute approximate surface area is 110 Å². The summed E-state index contributed by atoms with van der Waals surface area (Å²) in [5.41, 5.74) is 5.21. The highest BCUT2D eigenvalue weighted by Gasteiger charge is 2.26. The van der Waals surface area contributed by atoms with Gasteiger partial charge in [0.15, 0.2) is 0 Å². The number of nitrogens with two attached hydrogens (primary N) is 1. The molecule has 0 aromatic heterocycles. The number of hydrogen-bond donors (Lipinski definition) is 3. The SMILES string of the molecule is CC(C)(CN)C(=O)Nc1ccc(C(=O)O)cc1Cl. The Bertz CT molecular complexity index is 486. The van der Waals surface area contributed by atoms with Crippen LogP contribution in [0.4, 0.5) is 5.69 Å². The van der Waals surface area contributed by atoms with Crippen molar-refractivity contribution in [3.05, 3.63) is 28.8 Å². The van der Waals surface area contributed by atoms with E-state index in [4.69, 9.17) is 22.4 Å². The molecule has 98 valence electrons. The van der Waals surface area contributed by atoms with Crippen LogP contribution in [0.1, 0.15) is 24.2 Å². The number of rotatable bonds is 4. The van der Waals surface area contributed by atoms with Gasteiger partial charge in [0.25, 0.3) is 0 Å². The molecule has 4 N–H and O–H groups in total. The number of carboxylic acids is 1. The Kier molecular flexibility index (Phi) is 4.32. The summed E-state index contributed by atoms with van der Waals surface area (Å²) in [4.78, 5) is 22.6. The van der Waals surface area contributed by atoms with Gasteiger partial charge in [0.1, 0.15) is 0 Å². The summed E-state index contributed by atoms with van der Waals surface area (Å²) in [5.74, 6) is -1.34. The van der Waals surface area contributed by atoms with Crippen molar-refractivity contribution in [1.82, 2.24) is 0 Å². The van der Waals surface area contributed by atoms with E-state index in [2.05, 4.69) is 5.32 Å². The summed E-state index contributed by atoms with van der Waals surface area (Å²) in [6.45, 7) is 3.62. The van der Waals surface area contributed by atoms with E-state index >= 15 is 0 Å². The molecule has 0 saturated carbocycles. The maximum Gasteiger partial charge on any atom is 0.335 e. The number of nitrogens with one attached hydrogen (secondary N) is 1. The molecule has 0 aliphatic heterocycles. The largest absolute Gasteiger partial charge is 0.478 e. The van der Waals surface area contributed by atoms with Crippen LogP contribution >= 0.6 is 11.6 Å². The lowest BCUT2D eigenvalue weighted by atomic mass is 9.92. The van der Waals surface area contributed by atoms with E-state index in [1.807, 2.05) is 0 Å². The van der Waals surface area contributed by atoms with Gasteiger partial charge in [-0.25, -0.2) is 4.79 Å². The maximum absolute atomic E-state index is 11.9. The lowest BCUT2D eigenvalue weighted by Crippen LogP contribution is -2.37. The van der Waals surface area contributed by atoms with Gasteiger partial charge < -0.3 is 16.2 Å². The first-order chi connectivity index (χ1) is 8.27. The van der Waals surface area contributed by atoms with Gasteiger partial charge in [-0.2, -0.15) is 0 Å². The fourth-order valence-electron chi connectivity index (χ4n) is 1.13. The Morgan fingerprint density at radius 1 is 1.44 bits per heavy atom. The molecule has 5 nitrogen and oxygen atoms in total. The summed E-state index contributed by atoms with van der Waals surface area (Å²) >= 11 is 5.90. The molecule has 0 radical (unpaired) electrons. The third kappa shape index (κ3) is 3.21. The van der Waals surface area contributed by atoms with E-state index < -0.39 is 11.4 Å². The van der Waals surface area contributed by atoms with Crippen molar-refractivity contribution in [3.63, 3.8) is 0 Å². The van der Waals surface area contributed by atoms with Crippen LogP contribution in [0.5, 0.6) is 0 Å². The number of anilines is 1. The van der Waals surface area contributed by atoms with Gasteiger partial charge in [0.05, 0.1) is 21.7 Å². The third-order valence-electron chi connectivity index (χ3n) is 2.59.